The number of hydrogen-bond acceptors (Lipinski definition) is 5. The van der Waals surface area contributed by atoms with Crippen LogP contribution in [0.2, 0.25) is 0 Å². The molecule has 3 rings (SSSR count). The molecule has 1 fully saturated rings. The van der Waals surface area contributed by atoms with E-state index in [4.69, 9.17) is 5.73 Å². The lowest BCUT2D eigenvalue weighted by molar-refractivity contribution is 0.647. The Hall–Kier alpha value is -2.30. The van der Waals surface area contributed by atoms with Gasteiger partial charge in [0.15, 0.2) is 0 Å². The summed E-state index contributed by atoms with van der Waals surface area (Å²) in [6.07, 6.45) is 3.35. The molecule has 1 aliphatic rings. The molecule has 0 radical (unpaired) electrons. The molecule has 1 saturated heterocycles. The van der Waals surface area contributed by atoms with Gasteiger partial charge in [-0.05, 0) is 12.1 Å². The maximum Gasteiger partial charge on any atom is 0.149 e. The van der Waals surface area contributed by atoms with E-state index in [2.05, 4.69) is 44.0 Å². The summed E-state index contributed by atoms with van der Waals surface area (Å²) in [7, 11) is 0. The average molecular weight is 255 g/mol. The van der Waals surface area contributed by atoms with E-state index in [1.54, 1.807) is 12.4 Å². The highest BCUT2D eigenvalue weighted by Gasteiger charge is 2.18. The van der Waals surface area contributed by atoms with Crippen molar-refractivity contribution < 1.29 is 0 Å². The van der Waals surface area contributed by atoms with Gasteiger partial charge in [-0.25, -0.2) is 4.98 Å². The normalized spacial score (nSPS) is 15.6. The second-order valence-corrected chi connectivity index (χ2v) is 4.61. The number of piperazine rings is 1. The highest BCUT2D eigenvalue weighted by atomic mass is 15.3. The molecule has 0 atom stereocenters. The lowest BCUT2D eigenvalue weighted by atomic mass is 10.2. The molecule has 0 spiro atoms. The van der Waals surface area contributed by atoms with E-state index < -0.39 is 0 Å². The van der Waals surface area contributed by atoms with Crippen molar-refractivity contribution in [1.82, 2.24) is 9.97 Å². The first-order chi connectivity index (χ1) is 9.33. The molecule has 2 N–H and O–H groups in total. The predicted molar refractivity (Wildman–Crippen MR) is 77.3 cm³/mol. The highest BCUT2D eigenvalue weighted by Crippen LogP contribution is 2.18. The minimum atomic E-state index is 0.475. The van der Waals surface area contributed by atoms with E-state index in [9.17, 15) is 0 Å². The zero-order valence-corrected chi connectivity index (χ0v) is 10.7. The number of rotatable bonds is 2. The molecule has 98 valence electrons. The Labute approximate surface area is 112 Å². The summed E-state index contributed by atoms with van der Waals surface area (Å²) in [5.41, 5.74) is 6.95. The van der Waals surface area contributed by atoms with Crippen LogP contribution in [-0.4, -0.2) is 36.1 Å². The molecule has 0 aliphatic carbocycles. The SMILES string of the molecule is Nc1cncc(N2CCN(c3ccccc3)CC2)n1. The van der Waals surface area contributed by atoms with Crippen molar-refractivity contribution in [2.24, 2.45) is 0 Å². The van der Waals surface area contributed by atoms with Gasteiger partial charge in [-0.2, -0.15) is 0 Å². The molecule has 2 aromatic rings. The molecule has 5 heteroatoms. The Bertz CT molecular complexity index is 535. The van der Waals surface area contributed by atoms with Crippen LogP contribution >= 0.6 is 0 Å². The molecule has 1 aliphatic heterocycles. The molecule has 0 bridgehead atoms. The van der Waals surface area contributed by atoms with Gasteiger partial charge >= 0.3 is 0 Å². The van der Waals surface area contributed by atoms with E-state index in [-0.39, 0.29) is 0 Å². The summed E-state index contributed by atoms with van der Waals surface area (Å²) < 4.78 is 0. The number of anilines is 3. The summed E-state index contributed by atoms with van der Waals surface area (Å²) in [6.45, 7) is 3.85. The van der Waals surface area contributed by atoms with Crippen molar-refractivity contribution in [3.8, 4) is 0 Å². The third kappa shape index (κ3) is 2.59. The largest absolute Gasteiger partial charge is 0.382 e. The van der Waals surface area contributed by atoms with Gasteiger partial charge in [-0.1, -0.05) is 18.2 Å². The minimum Gasteiger partial charge on any atom is -0.382 e. The number of para-hydroxylation sites is 1. The molecule has 1 aromatic carbocycles. The van der Waals surface area contributed by atoms with E-state index in [0.717, 1.165) is 32.0 Å². The smallest absolute Gasteiger partial charge is 0.149 e. The average Bonchev–Trinajstić information content (AvgIpc) is 2.48. The Balaban J connectivity index is 1.67. The molecule has 5 nitrogen and oxygen atoms in total. The van der Waals surface area contributed by atoms with Gasteiger partial charge in [0.2, 0.25) is 0 Å². The van der Waals surface area contributed by atoms with Gasteiger partial charge in [0, 0.05) is 31.9 Å². The van der Waals surface area contributed by atoms with Crippen LogP contribution in [-0.2, 0) is 0 Å². The summed E-state index contributed by atoms with van der Waals surface area (Å²) in [6, 6.07) is 10.5. The second-order valence-electron chi connectivity index (χ2n) is 4.61. The lowest BCUT2D eigenvalue weighted by Gasteiger charge is -2.36. The molecule has 0 saturated carbocycles. The maximum absolute atomic E-state index is 5.67. The lowest BCUT2D eigenvalue weighted by Crippen LogP contribution is -2.46. The van der Waals surface area contributed by atoms with Crippen LogP contribution in [0.3, 0.4) is 0 Å². The Morgan fingerprint density at radius 2 is 1.58 bits per heavy atom. The first-order valence-corrected chi connectivity index (χ1v) is 6.45. The Kier molecular flexibility index (Phi) is 3.18. The van der Waals surface area contributed by atoms with Gasteiger partial charge in [0.25, 0.3) is 0 Å². The van der Waals surface area contributed by atoms with Crippen LogP contribution in [0.1, 0.15) is 0 Å². The standard InChI is InChI=1S/C14H17N5/c15-13-10-16-11-14(17-13)19-8-6-18(7-9-19)12-4-2-1-3-5-12/h1-5,10-11H,6-9H2,(H2,15,17). The van der Waals surface area contributed by atoms with Crippen molar-refractivity contribution >= 4 is 17.3 Å². The molecular formula is C14H17N5. The molecular weight excluding hydrogens is 238 g/mol. The zero-order valence-electron chi connectivity index (χ0n) is 10.7. The van der Waals surface area contributed by atoms with Crippen LogP contribution in [0, 0.1) is 0 Å². The fourth-order valence-corrected chi connectivity index (χ4v) is 2.36. The summed E-state index contributed by atoms with van der Waals surface area (Å²) >= 11 is 0. The van der Waals surface area contributed by atoms with Crippen LogP contribution in [0.15, 0.2) is 42.7 Å². The Morgan fingerprint density at radius 3 is 2.26 bits per heavy atom. The van der Waals surface area contributed by atoms with E-state index in [1.165, 1.54) is 5.69 Å². The predicted octanol–water partition coefficient (Wildman–Crippen LogP) is 1.39. The first kappa shape index (κ1) is 11.8. The van der Waals surface area contributed by atoms with Gasteiger partial charge in [-0.3, -0.25) is 4.98 Å². The van der Waals surface area contributed by atoms with Crippen molar-refractivity contribution in [2.75, 3.05) is 41.7 Å². The number of hydrogen-bond donors (Lipinski definition) is 1. The number of aromatic nitrogens is 2. The van der Waals surface area contributed by atoms with Gasteiger partial charge in [-0.15, -0.1) is 0 Å². The first-order valence-electron chi connectivity index (χ1n) is 6.45. The minimum absolute atomic E-state index is 0.475. The van der Waals surface area contributed by atoms with Crippen molar-refractivity contribution in [3.63, 3.8) is 0 Å². The highest BCUT2D eigenvalue weighted by molar-refractivity contribution is 5.49. The van der Waals surface area contributed by atoms with Gasteiger partial charge in [0.05, 0.1) is 12.4 Å². The van der Waals surface area contributed by atoms with Crippen LogP contribution < -0.4 is 15.5 Å². The van der Waals surface area contributed by atoms with Crippen molar-refractivity contribution in [3.05, 3.63) is 42.7 Å². The number of nitrogens with zero attached hydrogens (tertiary/aromatic N) is 4. The van der Waals surface area contributed by atoms with E-state index in [1.807, 2.05) is 6.07 Å². The number of nitrogen functional groups attached to an aromatic ring is 1. The third-order valence-corrected chi connectivity index (χ3v) is 3.37. The fourth-order valence-electron chi connectivity index (χ4n) is 2.36. The van der Waals surface area contributed by atoms with Crippen LogP contribution in [0.25, 0.3) is 0 Å². The summed E-state index contributed by atoms with van der Waals surface area (Å²) in [5.74, 6) is 1.34. The number of nitrogens with two attached hydrogens (primary N) is 1. The summed E-state index contributed by atoms with van der Waals surface area (Å²) in [5, 5.41) is 0. The van der Waals surface area contributed by atoms with Crippen molar-refractivity contribution in [1.29, 1.82) is 0 Å². The second kappa shape index (κ2) is 5.14. The van der Waals surface area contributed by atoms with E-state index >= 15 is 0 Å². The topological polar surface area (TPSA) is 58.3 Å². The van der Waals surface area contributed by atoms with E-state index in [0.29, 0.717) is 5.82 Å². The maximum atomic E-state index is 5.67. The molecule has 0 amide bonds. The van der Waals surface area contributed by atoms with Crippen LogP contribution in [0.4, 0.5) is 17.3 Å². The Morgan fingerprint density at radius 1 is 0.895 bits per heavy atom. The van der Waals surface area contributed by atoms with Gasteiger partial charge < -0.3 is 15.5 Å². The molecule has 1 aromatic heterocycles. The molecule has 0 unspecified atom stereocenters. The third-order valence-electron chi connectivity index (χ3n) is 3.37. The molecule has 2 heterocycles. The number of benzene rings is 1. The van der Waals surface area contributed by atoms with Gasteiger partial charge in [0.1, 0.15) is 11.6 Å². The summed E-state index contributed by atoms with van der Waals surface area (Å²) in [4.78, 5) is 13.0. The molecule has 19 heavy (non-hydrogen) atoms. The van der Waals surface area contributed by atoms with Crippen LogP contribution in [0.5, 0.6) is 0 Å². The quantitative estimate of drug-likeness (QED) is 0.878. The zero-order chi connectivity index (χ0) is 13.1. The fraction of sp³-hybridized carbons (Fsp3) is 0.286. The van der Waals surface area contributed by atoms with Crippen molar-refractivity contribution in [2.45, 2.75) is 0 Å². The monoisotopic (exact) mass is 255 g/mol.